The lowest BCUT2D eigenvalue weighted by molar-refractivity contribution is -0.137. The van der Waals surface area contributed by atoms with Crippen LogP contribution in [0.1, 0.15) is 40.0 Å². The van der Waals surface area contributed by atoms with Crippen LogP contribution >= 0.6 is 0 Å². The Hall–Kier alpha value is -3.51. The Morgan fingerprint density at radius 1 is 1.24 bits per heavy atom. The van der Waals surface area contributed by atoms with Crippen LogP contribution in [0, 0.1) is 16.7 Å². The smallest absolute Gasteiger partial charge is 0.416 e. The van der Waals surface area contributed by atoms with Crippen molar-refractivity contribution in [2.45, 2.75) is 25.6 Å². The molecule has 0 saturated heterocycles. The van der Waals surface area contributed by atoms with E-state index in [-0.39, 0.29) is 35.6 Å². The summed E-state index contributed by atoms with van der Waals surface area (Å²) in [5.41, 5.74) is 0.393. The molecule has 1 saturated carbocycles. The molecule has 1 aromatic heterocycles. The van der Waals surface area contributed by atoms with Gasteiger partial charge in [0.05, 0.1) is 37.5 Å². The Morgan fingerprint density at radius 2 is 2.00 bits per heavy atom. The number of methoxy groups -OCH3 is 1. The van der Waals surface area contributed by atoms with Crippen LogP contribution < -0.4 is 10.1 Å². The number of rotatable bonds is 7. The molecule has 33 heavy (non-hydrogen) atoms. The zero-order valence-electron chi connectivity index (χ0n) is 17.9. The predicted octanol–water partition coefficient (Wildman–Crippen LogP) is 4.09. The van der Waals surface area contributed by atoms with Crippen molar-refractivity contribution >= 4 is 16.8 Å². The van der Waals surface area contributed by atoms with Crippen molar-refractivity contribution in [3.8, 4) is 11.8 Å². The van der Waals surface area contributed by atoms with Crippen molar-refractivity contribution < 1.29 is 27.8 Å². The number of benzene rings is 2. The van der Waals surface area contributed by atoms with Gasteiger partial charge in [-0.1, -0.05) is 0 Å². The van der Waals surface area contributed by atoms with Crippen LogP contribution in [-0.2, 0) is 12.7 Å². The fourth-order valence-corrected chi connectivity index (χ4v) is 3.87. The van der Waals surface area contributed by atoms with E-state index in [1.54, 1.807) is 28.8 Å². The Bertz CT molecular complexity index is 1250. The lowest BCUT2D eigenvalue weighted by Gasteiger charge is -2.17. The molecular weight excluding hydrogens is 435 g/mol. The second-order valence-corrected chi connectivity index (χ2v) is 8.37. The Morgan fingerprint density at radius 3 is 2.61 bits per heavy atom. The Balaban J connectivity index is 1.76. The van der Waals surface area contributed by atoms with Gasteiger partial charge in [0.25, 0.3) is 5.91 Å². The van der Waals surface area contributed by atoms with Crippen LogP contribution in [0.25, 0.3) is 10.9 Å². The molecule has 1 aliphatic carbocycles. The number of ether oxygens (including phenoxy) is 1. The molecule has 0 atom stereocenters. The molecule has 6 nitrogen and oxygen atoms in total. The van der Waals surface area contributed by atoms with Gasteiger partial charge in [0.2, 0.25) is 0 Å². The number of nitrogens with one attached hydrogen (secondary N) is 1. The number of hydrogen-bond donors (Lipinski definition) is 2. The van der Waals surface area contributed by atoms with E-state index in [1.807, 2.05) is 6.07 Å². The quantitative estimate of drug-likeness (QED) is 0.560. The molecule has 4 rings (SSSR count). The number of fused-ring (bicyclic) bond motifs is 1. The lowest BCUT2D eigenvalue weighted by Crippen LogP contribution is -2.33. The van der Waals surface area contributed by atoms with Gasteiger partial charge in [-0.25, -0.2) is 0 Å². The van der Waals surface area contributed by atoms with Crippen LogP contribution in [0.3, 0.4) is 0 Å². The fraction of sp³-hybridized carbons (Fsp3) is 0.333. The van der Waals surface area contributed by atoms with Crippen molar-refractivity contribution in [1.29, 1.82) is 5.26 Å². The molecule has 3 aromatic rings. The van der Waals surface area contributed by atoms with Crippen molar-refractivity contribution in [1.82, 2.24) is 9.88 Å². The van der Waals surface area contributed by atoms with Crippen LogP contribution in [0.2, 0.25) is 0 Å². The van der Waals surface area contributed by atoms with Crippen molar-refractivity contribution in [3.05, 3.63) is 64.8 Å². The van der Waals surface area contributed by atoms with Crippen molar-refractivity contribution in [2.24, 2.45) is 5.41 Å². The summed E-state index contributed by atoms with van der Waals surface area (Å²) in [4.78, 5) is 13.1. The third kappa shape index (κ3) is 4.52. The molecule has 0 unspecified atom stereocenters. The number of halogens is 3. The maximum atomic E-state index is 13.3. The molecule has 1 heterocycles. The highest BCUT2D eigenvalue weighted by Gasteiger charge is 2.42. The predicted molar refractivity (Wildman–Crippen MR) is 115 cm³/mol. The van der Waals surface area contributed by atoms with Gasteiger partial charge < -0.3 is 19.7 Å². The first-order valence-electron chi connectivity index (χ1n) is 10.4. The number of nitrogens with zero attached hydrogens (tertiary/aromatic N) is 2. The molecule has 0 bridgehead atoms. The highest BCUT2D eigenvalue weighted by molar-refractivity contribution is 5.99. The number of carbonyl (C=O) groups is 1. The topological polar surface area (TPSA) is 87.3 Å². The van der Waals surface area contributed by atoms with Crippen molar-refractivity contribution in [3.63, 3.8) is 0 Å². The molecule has 1 fully saturated rings. The third-order valence-electron chi connectivity index (χ3n) is 6.12. The minimum Gasteiger partial charge on any atom is -0.496 e. The molecule has 0 radical (unpaired) electrons. The Kier molecular flexibility index (Phi) is 5.80. The van der Waals surface area contributed by atoms with E-state index in [0.29, 0.717) is 23.0 Å². The molecule has 2 N–H and O–H groups in total. The summed E-state index contributed by atoms with van der Waals surface area (Å²) in [5, 5.41) is 22.2. The van der Waals surface area contributed by atoms with Crippen LogP contribution in [-0.4, -0.2) is 35.8 Å². The molecular formula is C24H22F3N3O3. The maximum Gasteiger partial charge on any atom is 0.416 e. The highest BCUT2D eigenvalue weighted by atomic mass is 19.4. The van der Waals surface area contributed by atoms with E-state index >= 15 is 0 Å². The van der Waals surface area contributed by atoms with Crippen LogP contribution in [0.5, 0.6) is 5.75 Å². The summed E-state index contributed by atoms with van der Waals surface area (Å²) in [7, 11) is 1.37. The number of nitriles is 1. The summed E-state index contributed by atoms with van der Waals surface area (Å²) in [6, 6.07) is 11.8. The largest absolute Gasteiger partial charge is 0.496 e. The van der Waals surface area contributed by atoms with E-state index in [4.69, 9.17) is 4.74 Å². The molecule has 0 aliphatic heterocycles. The van der Waals surface area contributed by atoms with Gasteiger partial charge in [-0.05, 0) is 55.3 Å². The molecule has 0 spiro atoms. The average molecular weight is 457 g/mol. The van der Waals surface area contributed by atoms with Crippen LogP contribution in [0.4, 0.5) is 13.2 Å². The first-order chi connectivity index (χ1) is 15.7. The molecule has 172 valence electrons. The number of alkyl halides is 3. The van der Waals surface area contributed by atoms with Crippen molar-refractivity contribution in [2.75, 3.05) is 20.3 Å². The number of aromatic nitrogens is 1. The van der Waals surface area contributed by atoms with Gasteiger partial charge in [0, 0.05) is 28.4 Å². The Labute approximate surface area is 188 Å². The standard InChI is InChI=1S/C24H22F3N3O3/c1-33-21-5-3-18(24(25,26)27)9-17(21)12-30-19-4-2-15(11-28)8-16(19)10-20(30)22(32)29-13-23(14-31)6-7-23/h2-5,8-10,31H,6-7,12-14H2,1H3,(H,29,32). The first-order valence-corrected chi connectivity index (χ1v) is 10.4. The van der Waals surface area contributed by atoms with E-state index in [1.165, 1.54) is 13.2 Å². The second kappa shape index (κ2) is 8.45. The average Bonchev–Trinajstić information content (AvgIpc) is 3.51. The number of aliphatic hydroxyl groups excluding tert-OH is 1. The fourth-order valence-electron chi connectivity index (χ4n) is 3.87. The number of amides is 1. The third-order valence-corrected chi connectivity index (χ3v) is 6.12. The van der Waals surface area contributed by atoms with E-state index in [2.05, 4.69) is 5.32 Å². The summed E-state index contributed by atoms with van der Waals surface area (Å²) >= 11 is 0. The number of aliphatic hydroxyl groups is 1. The minimum atomic E-state index is -4.52. The summed E-state index contributed by atoms with van der Waals surface area (Å²) in [5.74, 6) is -0.141. The zero-order chi connectivity index (χ0) is 23.8. The summed E-state index contributed by atoms with van der Waals surface area (Å²) in [6.07, 6.45) is -2.88. The summed E-state index contributed by atoms with van der Waals surface area (Å²) in [6.45, 7) is 0.236. The highest BCUT2D eigenvalue weighted by Crippen LogP contribution is 2.44. The zero-order valence-corrected chi connectivity index (χ0v) is 17.9. The van der Waals surface area contributed by atoms with Gasteiger partial charge >= 0.3 is 6.18 Å². The van der Waals surface area contributed by atoms with E-state index in [0.717, 1.165) is 25.0 Å². The lowest BCUT2D eigenvalue weighted by atomic mass is 10.1. The number of hydrogen-bond acceptors (Lipinski definition) is 4. The normalized spacial score (nSPS) is 14.7. The molecule has 2 aromatic carbocycles. The van der Waals surface area contributed by atoms with Gasteiger partial charge in [-0.3, -0.25) is 4.79 Å². The first kappa shape index (κ1) is 22.7. The maximum absolute atomic E-state index is 13.3. The van der Waals surface area contributed by atoms with E-state index in [9.17, 15) is 28.3 Å². The SMILES string of the molecule is COc1ccc(C(F)(F)F)cc1Cn1c(C(=O)NCC2(CO)CC2)cc2cc(C#N)ccc21. The van der Waals surface area contributed by atoms with Gasteiger partial charge in [-0.2, -0.15) is 18.4 Å². The monoisotopic (exact) mass is 457 g/mol. The minimum absolute atomic E-state index is 0.0246. The second-order valence-electron chi connectivity index (χ2n) is 8.37. The molecule has 9 heteroatoms. The summed E-state index contributed by atoms with van der Waals surface area (Å²) < 4.78 is 46.8. The molecule has 1 aliphatic rings. The van der Waals surface area contributed by atoms with Gasteiger partial charge in [-0.15, -0.1) is 0 Å². The van der Waals surface area contributed by atoms with E-state index < -0.39 is 17.6 Å². The number of carbonyl (C=O) groups excluding carboxylic acids is 1. The molecule has 1 amide bonds. The van der Waals surface area contributed by atoms with Gasteiger partial charge in [0.1, 0.15) is 11.4 Å². The van der Waals surface area contributed by atoms with Gasteiger partial charge in [0.15, 0.2) is 0 Å². The van der Waals surface area contributed by atoms with Crippen LogP contribution in [0.15, 0.2) is 42.5 Å².